The normalized spacial score (nSPS) is 12.0. The zero-order valence-corrected chi connectivity index (χ0v) is 15.4. The van der Waals surface area contributed by atoms with Crippen molar-refractivity contribution in [1.82, 2.24) is 4.90 Å². The molecule has 23 heavy (non-hydrogen) atoms. The van der Waals surface area contributed by atoms with E-state index in [1.165, 1.54) is 17.5 Å². The summed E-state index contributed by atoms with van der Waals surface area (Å²) in [6, 6.07) is 6.42. The number of aryl methyl sites for hydroxylation is 2. The molecule has 0 aliphatic heterocycles. The quantitative estimate of drug-likeness (QED) is 0.393. The maximum atomic E-state index is 6.08. The lowest BCUT2D eigenvalue weighted by Crippen LogP contribution is -2.25. The highest BCUT2D eigenvalue weighted by atomic mass is 15.1. The van der Waals surface area contributed by atoms with E-state index in [1.54, 1.807) is 0 Å². The van der Waals surface area contributed by atoms with Crippen LogP contribution in [0.25, 0.3) is 0 Å². The van der Waals surface area contributed by atoms with E-state index in [4.69, 9.17) is 5.73 Å². The molecule has 0 atom stereocenters. The molecule has 0 saturated carbocycles. The fourth-order valence-electron chi connectivity index (χ4n) is 2.76. The number of anilines is 1. The number of para-hydroxylation sites is 1. The summed E-state index contributed by atoms with van der Waals surface area (Å²) in [5.74, 6) is 0.531. The van der Waals surface area contributed by atoms with Gasteiger partial charge in [0, 0.05) is 12.2 Å². The van der Waals surface area contributed by atoms with Crippen LogP contribution in [0.5, 0.6) is 0 Å². The molecule has 4 nitrogen and oxygen atoms in total. The zero-order chi connectivity index (χ0) is 17.1. The summed E-state index contributed by atoms with van der Waals surface area (Å²) < 4.78 is 0. The molecular weight excluding hydrogens is 284 g/mol. The average molecular weight is 319 g/mol. The van der Waals surface area contributed by atoms with Crippen molar-refractivity contribution in [2.24, 2.45) is 10.7 Å². The third kappa shape index (κ3) is 6.61. The Morgan fingerprint density at radius 2 is 1.65 bits per heavy atom. The van der Waals surface area contributed by atoms with Crippen LogP contribution in [0.1, 0.15) is 51.7 Å². The molecule has 130 valence electrons. The Labute approximate surface area is 142 Å². The van der Waals surface area contributed by atoms with Gasteiger partial charge < -0.3 is 16.0 Å². The van der Waals surface area contributed by atoms with Gasteiger partial charge in [-0.05, 0) is 56.4 Å². The minimum absolute atomic E-state index is 0.531. The lowest BCUT2D eigenvalue weighted by atomic mass is 10.0. The Bertz CT molecular complexity index is 456. The van der Waals surface area contributed by atoms with Gasteiger partial charge in [-0.1, -0.05) is 45.9 Å². The molecule has 0 fully saturated rings. The van der Waals surface area contributed by atoms with Crippen LogP contribution in [-0.2, 0) is 12.8 Å². The number of benzene rings is 1. The summed E-state index contributed by atoms with van der Waals surface area (Å²) in [5.41, 5.74) is 9.81. The summed E-state index contributed by atoms with van der Waals surface area (Å²) in [5, 5.41) is 3.32. The molecule has 0 aliphatic rings. The first-order chi connectivity index (χ1) is 11.2. The zero-order valence-electron chi connectivity index (χ0n) is 15.4. The third-order valence-corrected chi connectivity index (χ3v) is 4.31. The van der Waals surface area contributed by atoms with Crippen LogP contribution in [0, 0.1) is 0 Å². The summed E-state index contributed by atoms with van der Waals surface area (Å²) in [6.45, 7) is 12.9. The maximum Gasteiger partial charge on any atom is 0.193 e. The SMILES string of the molecule is CCc1cccc(CC)c1NC(N)=NCCCCN(CC)CC. The highest BCUT2D eigenvalue weighted by Crippen LogP contribution is 2.22. The van der Waals surface area contributed by atoms with E-state index in [0.717, 1.165) is 51.1 Å². The molecule has 0 aliphatic carbocycles. The monoisotopic (exact) mass is 318 g/mol. The van der Waals surface area contributed by atoms with Gasteiger partial charge in [-0.2, -0.15) is 0 Å². The molecular formula is C19H34N4. The minimum Gasteiger partial charge on any atom is -0.370 e. The van der Waals surface area contributed by atoms with Crippen molar-refractivity contribution in [3.05, 3.63) is 29.3 Å². The first kappa shape index (κ1) is 19.5. The summed E-state index contributed by atoms with van der Waals surface area (Å²) in [4.78, 5) is 6.92. The second-order valence-corrected chi connectivity index (χ2v) is 5.78. The fourth-order valence-corrected chi connectivity index (χ4v) is 2.76. The van der Waals surface area contributed by atoms with Crippen molar-refractivity contribution < 1.29 is 0 Å². The number of hydrogen-bond donors (Lipinski definition) is 2. The Balaban J connectivity index is 2.51. The van der Waals surface area contributed by atoms with Gasteiger partial charge in [-0.15, -0.1) is 0 Å². The number of hydrogen-bond acceptors (Lipinski definition) is 2. The fraction of sp³-hybridized carbons (Fsp3) is 0.632. The Morgan fingerprint density at radius 1 is 1.04 bits per heavy atom. The van der Waals surface area contributed by atoms with Crippen molar-refractivity contribution in [3.63, 3.8) is 0 Å². The number of aliphatic imine (C=N–C) groups is 1. The van der Waals surface area contributed by atoms with Crippen molar-refractivity contribution in [1.29, 1.82) is 0 Å². The Kier molecular flexibility index (Phi) is 9.37. The van der Waals surface area contributed by atoms with Crippen molar-refractivity contribution in [2.45, 2.75) is 53.4 Å². The van der Waals surface area contributed by atoms with Crippen LogP contribution in [0.4, 0.5) is 5.69 Å². The van der Waals surface area contributed by atoms with Crippen LogP contribution < -0.4 is 11.1 Å². The van der Waals surface area contributed by atoms with Crippen LogP contribution in [0.3, 0.4) is 0 Å². The minimum atomic E-state index is 0.531. The highest BCUT2D eigenvalue weighted by Gasteiger charge is 2.06. The molecule has 0 heterocycles. The smallest absolute Gasteiger partial charge is 0.193 e. The van der Waals surface area contributed by atoms with Crippen molar-refractivity contribution in [2.75, 3.05) is 31.5 Å². The number of guanidine groups is 1. The van der Waals surface area contributed by atoms with Gasteiger partial charge in [0.25, 0.3) is 0 Å². The van der Waals surface area contributed by atoms with Gasteiger partial charge in [0.05, 0.1) is 0 Å². The van der Waals surface area contributed by atoms with Crippen molar-refractivity contribution >= 4 is 11.6 Å². The number of rotatable bonds is 10. The van der Waals surface area contributed by atoms with E-state index in [0.29, 0.717) is 5.96 Å². The first-order valence-corrected chi connectivity index (χ1v) is 9.06. The van der Waals surface area contributed by atoms with Gasteiger partial charge in [0.1, 0.15) is 0 Å². The average Bonchev–Trinajstić information content (AvgIpc) is 2.58. The predicted octanol–water partition coefficient (Wildman–Crippen LogP) is 3.66. The molecule has 0 amide bonds. The lowest BCUT2D eigenvalue weighted by molar-refractivity contribution is 0.298. The molecule has 0 saturated heterocycles. The van der Waals surface area contributed by atoms with Crippen LogP contribution >= 0.6 is 0 Å². The predicted molar refractivity (Wildman–Crippen MR) is 102 cm³/mol. The van der Waals surface area contributed by atoms with Gasteiger partial charge in [-0.3, -0.25) is 4.99 Å². The number of unbranched alkanes of at least 4 members (excludes halogenated alkanes) is 1. The molecule has 0 bridgehead atoms. The lowest BCUT2D eigenvalue weighted by Gasteiger charge is -2.17. The van der Waals surface area contributed by atoms with E-state index >= 15 is 0 Å². The van der Waals surface area contributed by atoms with Gasteiger partial charge >= 0.3 is 0 Å². The van der Waals surface area contributed by atoms with Gasteiger partial charge in [0.2, 0.25) is 0 Å². The molecule has 0 unspecified atom stereocenters. The van der Waals surface area contributed by atoms with E-state index in [2.05, 4.69) is 61.1 Å². The van der Waals surface area contributed by atoms with Gasteiger partial charge in [0.15, 0.2) is 5.96 Å². The van der Waals surface area contributed by atoms with E-state index < -0.39 is 0 Å². The molecule has 0 radical (unpaired) electrons. The topological polar surface area (TPSA) is 53.6 Å². The first-order valence-electron chi connectivity index (χ1n) is 9.06. The second-order valence-electron chi connectivity index (χ2n) is 5.78. The third-order valence-electron chi connectivity index (χ3n) is 4.31. The van der Waals surface area contributed by atoms with E-state index in [-0.39, 0.29) is 0 Å². The summed E-state index contributed by atoms with van der Waals surface area (Å²) in [7, 11) is 0. The molecule has 1 rings (SSSR count). The molecule has 0 aromatic heterocycles. The maximum absolute atomic E-state index is 6.08. The molecule has 0 spiro atoms. The van der Waals surface area contributed by atoms with Gasteiger partial charge in [-0.25, -0.2) is 0 Å². The largest absolute Gasteiger partial charge is 0.370 e. The Hall–Kier alpha value is -1.55. The molecule has 1 aromatic rings. The summed E-state index contributed by atoms with van der Waals surface area (Å²) >= 11 is 0. The van der Waals surface area contributed by atoms with E-state index in [1.807, 2.05) is 0 Å². The van der Waals surface area contributed by atoms with E-state index in [9.17, 15) is 0 Å². The number of nitrogens with two attached hydrogens (primary N) is 1. The van der Waals surface area contributed by atoms with Crippen LogP contribution in [0.2, 0.25) is 0 Å². The molecule has 4 heteroatoms. The van der Waals surface area contributed by atoms with Crippen molar-refractivity contribution in [3.8, 4) is 0 Å². The Morgan fingerprint density at radius 3 is 2.17 bits per heavy atom. The van der Waals surface area contributed by atoms with Crippen LogP contribution in [-0.4, -0.2) is 37.0 Å². The van der Waals surface area contributed by atoms with Crippen LogP contribution in [0.15, 0.2) is 23.2 Å². The summed E-state index contributed by atoms with van der Waals surface area (Å²) in [6.07, 6.45) is 4.24. The molecule has 1 aromatic carbocycles. The second kappa shape index (κ2) is 11.1. The number of nitrogens with zero attached hydrogens (tertiary/aromatic N) is 2. The number of nitrogens with one attached hydrogen (secondary N) is 1. The molecule has 3 N–H and O–H groups in total. The highest BCUT2D eigenvalue weighted by molar-refractivity contribution is 5.93. The standard InChI is InChI=1S/C19H34N4/c1-5-16-12-11-13-17(6-2)18(16)22-19(20)21-14-9-10-15-23(7-3)8-4/h11-13H,5-10,14-15H2,1-4H3,(H3,20,21,22).